The Morgan fingerprint density at radius 3 is 3.00 bits per heavy atom. The highest BCUT2D eigenvalue weighted by molar-refractivity contribution is 7.99. The minimum absolute atomic E-state index is 0.517. The fraction of sp³-hybridized carbons (Fsp3) is 0.429. The van der Waals surface area contributed by atoms with E-state index >= 15 is 0 Å². The summed E-state index contributed by atoms with van der Waals surface area (Å²) in [5.41, 5.74) is 1.78. The summed E-state index contributed by atoms with van der Waals surface area (Å²) in [6.07, 6.45) is 3.23. The van der Waals surface area contributed by atoms with Crippen molar-refractivity contribution in [2.75, 3.05) is 18.1 Å². The Bertz CT molecular complexity index is 611. The molecule has 0 saturated carbocycles. The van der Waals surface area contributed by atoms with Crippen molar-refractivity contribution < 1.29 is 0 Å². The van der Waals surface area contributed by atoms with Crippen molar-refractivity contribution in [3.63, 3.8) is 0 Å². The molecule has 1 saturated heterocycles. The van der Waals surface area contributed by atoms with Crippen LogP contribution in [-0.2, 0) is 6.54 Å². The van der Waals surface area contributed by atoms with Crippen molar-refractivity contribution in [1.82, 2.24) is 20.3 Å². The molecule has 112 valence electrons. The van der Waals surface area contributed by atoms with Crippen LogP contribution in [0.15, 0.2) is 24.4 Å². The van der Waals surface area contributed by atoms with Gasteiger partial charge in [0.15, 0.2) is 0 Å². The lowest BCUT2D eigenvalue weighted by Crippen LogP contribution is -2.22. The van der Waals surface area contributed by atoms with Crippen LogP contribution in [0.5, 0.6) is 0 Å². The average Bonchev–Trinajstić information content (AvgIpc) is 3.13. The minimum atomic E-state index is 0.517. The Balaban J connectivity index is 1.58. The standard InChI is InChI=1S/C14H16Cl2N4S/c15-13-2-1-12(5-14(13)16)20-8-11(18-19-20)7-17-6-10-3-4-21-9-10/h1-2,5,8,10,17H,3-4,6-7,9H2. The molecule has 1 aliphatic heterocycles. The molecule has 1 aliphatic rings. The van der Waals surface area contributed by atoms with Crippen molar-refractivity contribution in [1.29, 1.82) is 0 Å². The van der Waals surface area contributed by atoms with Crippen LogP contribution in [0.3, 0.4) is 0 Å². The molecule has 1 fully saturated rings. The molecule has 0 amide bonds. The first-order valence-corrected chi connectivity index (χ1v) is 8.78. The maximum absolute atomic E-state index is 6.02. The van der Waals surface area contributed by atoms with Crippen LogP contribution in [0.4, 0.5) is 0 Å². The number of nitrogens with one attached hydrogen (secondary N) is 1. The summed E-state index contributed by atoms with van der Waals surface area (Å²) in [6.45, 7) is 1.79. The molecule has 0 spiro atoms. The van der Waals surface area contributed by atoms with Gasteiger partial charge in [0, 0.05) is 6.54 Å². The van der Waals surface area contributed by atoms with Gasteiger partial charge in [0.2, 0.25) is 0 Å². The third kappa shape index (κ3) is 3.92. The summed E-state index contributed by atoms with van der Waals surface area (Å²) in [7, 11) is 0. The molecule has 1 N–H and O–H groups in total. The molecule has 0 aliphatic carbocycles. The van der Waals surface area contributed by atoms with Gasteiger partial charge in [-0.25, -0.2) is 4.68 Å². The van der Waals surface area contributed by atoms with Gasteiger partial charge in [-0.2, -0.15) is 11.8 Å². The smallest absolute Gasteiger partial charge is 0.0969 e. The van der Waals surface area contributed by atoms with E-state index in [1.165, 1.54) is 17.9 Å². The van der Waals surface area contributed by atoms with E-state index in [2.05, 4.69) is 15.6 Å². The molecule has 1 unspecified atom stereocenters. The number of halogens is 2. The number of aromatic nitrogens is 3. The van der Waals surface area contributed by atoms with Crippen molar-refractivity contribution in [2.45, 2.75) is 13.0 Å². The molecule has 7 heteroatoms. The van der Waals surface area contributed by atoms with E-state index in [0.717, 1.165) is 30.4 Å². The molecular formula is C14H16Cl2N4S. The highest BCUT2D eigenvalue weighted by atomic mass is 35.5. The zero-order chi connectivity index (χ0) is 14.7. The number of hydrogen-bond acceptors (Lipinski definition) is 4. The van der Waals surface area contributed by atoms with Gasteiger partial charge in [0.1, 0.15) is 0 Å². The molecule has 2 aromatic rings. The van der Waals surface area contributed by atoms with Crippen LogP contribution in [0.25, 0.3) is 5.69 Å². The molecule has 0 bridgehead atoms. The van der Waals surface area contributed by atoms with Crippen molar-refractivity contribution >= 4 is 35.0 Å². The number of rotatable bonds is 5. The molecule has 1 atom stereocenters. The Labute approximate surface area is 138 Å². The molecule has 0 radical (unpaired) electrons. The second-order valence-electron chi connectivity index (χ2n) is 5.11. The summed E-state index contributed by atoms with van der Waals surface area (Å²) < 4.78 is 1.71. The predicted molar refractivity (Wildman–Crippen MR) is 88.5 cm³/mol. The van der Waals surface area contributed by atoms with E-state index < -0.39 is 0 Å². The van der Waals surface area contributed by atoms with Crippen molar-refractivity contribution in [3.05, 3.63) is 40.1 Å². The molecule has 3 rings (SSSR count). The Kier molecular flexibility index (Phi) is 5.06. The van der Waals surface area contributed by atoms with Crippen LogP contribution < -0.4 is 5.32 Å². The zero-order valence-electron chi connectivity index (χ0n) is 11.4. The maximum atomic E-state index is 6.02. The monoisotopic (exact) mass is 342 g/mol. The fourth-order valence-electron chi connectivity index (χ4n) is 2.28. The van der Waals surface area contributed by atoms with Crippen molar-refractivity contribution in [3.8, 4) is 5.69 Å². The van der Waals surface area contributed by atoms with Crippen LogP contribution in [0, 0.1) is 5.92 Å². The second kappa shape index (κ2) is 7.01. The molecule has 2 heterocycles. The summed E-state index contributed by atoms with van der Waals surface area (Å²) >= 11 is 14.0. The Morgan fingerprint density at radius 2 is 2.24 bits per heavy atom. The second-order valence-corrected chi connectivity index (χ2v) is 7.08. The normalized spacial score (nSPS) is 18.3. The van der Waals surface area contributed by atoms with E-state index in [1.807, 2.05) is 24.0 Å². The molecule has 4 nitrogen and oxygen atoms in total. The Morgan fingerprint density at radius 1 is 1.33 bits per heavy atom. The topological polar surface area (TPSA) is 42.7 Å². The lowest BCUT2D eigenvalue weighted by Gasteiger charge is -2.07. The summed E-state index contributed by atoms with van der Waals surface area (Å²) in [6, 6.07) is 5.41. The van der Waals surface area contributed by atoms with Crippen LogP contribution in [0.1, 0.15) is 12.1 Å². The van der Waals surface area contributed by atoms with Crippen LogP contribution in [-0.4, -0.2) is 33.0 Å². The van der Waals surface area contributed by atoms with Gasteiger partial charge in [0.05, 0.1) is 27.6 Å². The third-order valence-electron chi connectivity index (χ3n) is 3.47. The molecule has 21 heavy (non-hydrogen) atoms. The lowest BCUT2D eigenvalue weighted by molar-refractivity contribution is 0.520. The van der Waals surface area contributed by atoms with E-state index in [0.29, 0.717) is 10.0 Å². The quantitative estimate of drug-likeness (QED) is 0.903. The van der Waals surface area contributed by atoms with Gasteiger partial charge in [-0.3, -0.25) is 0 Å². The van der Waals surface area contributed by atoms with Crippen LogP contribution >= 0.6 is 35.0 Å². The van der Waals surface area contributed by atoms with E-state index in [1.54, 1.807) is 16.8 Å². The fourth-order valence-corrected chi connectivity index (χ4v) is 3.86. The van der Waals surface area contributed by atoms with Crippen LogP contribution in [0.2, 0.25) is 10.0 Å². The van der Waals surface area contributed by atoms with E-state index in [-0.39, 0.29) is 0 Å². The Hall–Kier alpha value is -0.750. The first-order chi connectivity index (χ1) is 10.2. The summed E-state index contributed by atoms with van der Waals surface area (Å²) in [5, 5.41) is 12.8. The predicted octanol–water partition coefficient (Wildman–Crippen LogP) is 3.42. The van der Waals surface area contributed by atoms with Gasteiger partial charge in [-0.15, -0.1) is 5.10 Å². The third-order valence-corrected chi connectivity index (χ3v) is 5.44. The van der Waals surface area contributed by atoms with Crippen molar-refractivity contribution in [2.24, 2.45) is 5.92 Å². The summed E-state index contributed by atoms with van der Waals surface area (Å²) in [5.74, 6) is 3.35. The van der Waals surface area contributed by atoms with E-state index in [4.69, 9.17) is 23.2 Å². The van der Waals surface area contributed by atoms with Gasteiger partial charge >= 0.3 is 0 Å². The van der Waals surface area contributed by atoms with Gasteiger partial charge < -0.3 is 5.32 Å². The minimum Gasteiger partial charge on any atom is -0.311 e. The van der Waals surface area contributed by atoms with Gasteiger partial charge in [0.25, 0.3) is 0 Å². The summed E-state index contributed by atoms with van der Waals surface area (Å²) in [4.78, 5) is 0. The number of hydrogen-bond donors (Lipinski definition) is 1. The van der Waals surface area contributed by atoms with E-state index in [9.17, 15) is 0 Å². The number of nitrogens with zero attached hydrogens (tertiary/aromatic N) is 3. The zero-order valence-corrected chi connectivity index (χ0v) is 13.8. The average molecular weight is 343 g/mol. The highest BCUT2D eigenvalue weighted by Crippen LogP contribution is 2.24. The van der Waals surface area contributed by atoms with Gasteiger partial charge in [-0.1, -0.05) is 28.4 Å². The van der Waals surface area contributed by atoms with Gasteiger partial charge in [-0.05, 0) is 48.6 Å². The first kappa shape index (κ1) is 15.2. The largest absolute Gasteiger partial charge is 0.311 e. The molecule has 1 aromatic heterocycles. The number of benzene rings is 1. The lowest BCUT2D eigenvalue weighted by atomic mass is 10.1. The highest BCUT2D eigenvalue weighted by Gasteiger charge is 2.14. The first-order valence-electron chi connectivity index (χ1n) is 6.87. The molecule has 1 aromatic carbocycles. The maximum Gasteiger partial charge on any atom is 0.0969 e. The molecular weight excluding hydrogens is 327 g/mol. The number of thioether (sulfide) groups is 1. The SMILES string of the molecule is Clc1ccc(-n2cc(CNCC3CCSC3)nn2)cc1Cl.